The van der Waals surface area contributed by atoms with Gasteiger partial charge in [-0.05, 0) is 35.4 Å². The molecule has 0 aromatic heterocycles. The van der Waals surface area contributed by atoms with E-state index in [1.165, 1.54) is 12.1 Å². The molecule has 2 rings (SSSR count). The second kappa shape index (κ2) is 4.44. The highest BCUT2D eigenvalue weighted by molar-refractivity contribution is 5.88. The lowest BCUT2D eigenvalue weighted by atomic mass is 10.0. The third kappa shape index (κ3) is 2.29. The number of hydrogen-bond donors (Lipinski definition) is 2. The molecule has 0 aliphatic carbocycles. The van der Waals surface area contributed by atoms with E-state index in [0.29, 0.717) is 0 Å². The Hall–Kier alpha value is -2.43. The topological polar surface area (TPSA) is 57.5 Å². The van der Waals surface area contributed by atoms with Gasteiger partial charge in [-0.2, -0.15) is 0 Å². The van der Waals surface area contributed by atoms with E-state index in [4.69, 9.17) is 5.11 Å². The van der Waals surface area contributed by atoms with Crippen molar-refractivity contribution in [1.82, 2.24) is 0 Å². The van der Waals surface area contributed by atoms with Crippen molar-refractivity contribution in [3.8, 4) is 16.9 Å². The van der Waals surface area contributed by atoms with Crippen LogP contribution in [0.1, 0.15) is 10.4 Å². The van der Waals surface area contributed by atoms with Gasteiger partial charge < -0.3 is 10.2 Å². The van der Waals surface area contributed by atoms with E-state index in [2.05, 4.69) is 0 Å². The van der Waals surface area contributed by atoms with Crippen LogP contribution < -0.4 is 0 Å². The first-order valence-electron chi connectivity index (χ1n) is 5.00. The molecule has 0 atom stereocenters. The largest absolute Gasteiger partial charge is 0.508 e. The number of carbonyl (C=O) groups is 1. The van der Waals surface area contributed by atoms with E-state index in [9.17, 15) is 18.7 Å². The van der Waals surface area contributed by atoms with Crippen molar-refractivity contribution in [3.63, 3.8) is 0 Å². The number of benzene rings is 2. The summed E-state index contributed by atoms with van der Waals surface area (Å²) in [5.41, 5.74) is 0.0926. The average molecular weight is 250 g/mol. The zero-order valence-corrected chi connectivity index (χ0v) is 9.02. The summed E-state index contributed by atoms with van der Waals surface area (Å²) in [6, 6.07) is 6.73. The number of aromatic hydroxyl groups is 1. The van der Waals surface area contributed by atoms with Gasteiger partial charge in [0.1, 0.15) is 17.4 Å². The van der Waals surface area contributed by atoms with Crippen molar-refractivity contribution in [2.24, 2.45) is 0 Å². The minimum Gasteiger partial charge on any atom is -0.508 e. The van der Waals surface area contributed by atoms with Crippen LogP contribution in [0.3, 0.4) is 0 Å². The second-order valence-electron chi connectivity index (χ2n) is 3.70. The van der Waals surface area contributed by atoms with Crippen molar-refractivity contribution in [3.05, 3.63) is 53.6 Å². The quantitative estimate of drug-likeness (QED) is 0.861. The first-order chi connectivity index (χ1) is 8.47. The molecular formula is C13H8F2O3. The summed E-state index contributed by atoms with van der Waals surface area (Å²) in [5, 5.41) is 17.9. The molecule has 0 amide bonds. The molecule has 0 bridgehead atoms. The van der Waals surface area contributed by atoms with Crippen LogP contribution in [0.25, 0.3) is 11.1 Å². The van der Waals surface area contributed by atoms with E-state index >= 15 is 0 Å². The monoisotopic (exact) mass is 250 g/mol. The summed E-state index contributed by atoms with van der Waals surface area (Å²) in [5.74, 6) is -3.23. The van der Waals surface area contributed by atoms with E-state index in [1.807, 2.05) is 0 Å². The van der Waals surface area contributed by atoms with Crippen molar-refractivity contribution >= 4 is 5.97 Å². The number of carboxylic acids is 1. The predicted molar refractivity (Wildman–Crippen MR) is 60.4 cm³/mol. The number of phenolic OH excluding ortho intramolecular Hbond substituents is 1. The molecule has 0 unspecified atom stereocenters. The smallest absolute Gasteiger partial charge is 0.338 e. The maximum absolute atomic E-state index is 13.5. The van der Waals surface area contributed by atoms with Crippen LogP contribution in [-0.4, -0.2) is 16.2 Å². The van der Waals surface area contributed by atoms with Gasteiger partial charge in [0.05, 0.1) is 5.56 Å². The van der Waals surface area contributed by atoms with Crippen LogP contribution >= 0.6 is 0 Å². The van der Waals surface area contributed by atoms with Gasteiger partial charge in [0.2, 0.25) is 0 Å². The maximum atomic E-state index is 13.5. The average Bonchev–Trinajstić information content (AvgIpc) is 2.26. The Morgan fingerprint density at radius 2 is 1.72 bits per heavy atom. The number of phenols is 1. The first kappa shape index (κ1) is 12.0. The fourth-order valence-corrected chi connectivity index (χ4v) is 1.61. The van der Waals surface area contributed by atoms with Gasteiger partial charge in [-0.1, -0.05) is 6.07 Å². The summed E-state index contributed by atoms with van der Waals surface area (Å²) in [7, 11) is 0. The molecular weight excluding hydrogens is 242 g/mol. The molecule has 0 spiro atoms. The Labute approximate surface area is 101 Å². The Kier molecular flexibility index (Phi) is 2.97. The van der Waals surface area contributed by atoms with Crippen LogP contribution in [0.4, 0.5) is 8.78 Å². The van der Waals surface area contributed by atoms with E-state index in [-0.39, 0.29) is 16.9 Å². The van der Waals surface area contributed by atoms with Crippen molar-refractivity contribution in [2.45, 2.75) is 0 Å². The summed E-state index contributed by atoms with van der Waals surface area (Å²) < 4.78 is 26.5. The van der Waals surface area contributed by atoms with Gasteiger partial charge in [0.15, 0.2) is 0 Å². The van der Waals surface area contributed by atoms with E-state index in [1.54, 1.807) is 0 Å². The van der Waals surface area contributed by atoms with Crippen LogP contribution in [0.5, 0.6) is 5.75 Å². The van der Waals surface area contributed by atoms with Crippen molar-refractivity contribution < 1.29 is 23.8 Å². The fourth-order valence-electron chi connectivity index (χ4n) is 1.61. The Balaban J connectivity index is 2.52. The highest BCUT2D eigenvalue weighted by Gasteiger charge is 2.11. The third-order valence-electron chi connectivity index (χ3n) is 2.42. The van der Waals surface area contributed by atoms with Gasteiger partial charge in [-0.3, -0.25) is 0 Å². The van der Waals surface area contributed by atoms with E-state index < -0.39 is 23.2 Å². The van der Waals surface area contributed by atoms with Crippen LogP contribution in [0, 0.1) is 11.6 Å². The highest BCUT2D eigenvalue weighted by atomic mass is 19.1. The Morgan fingerprint density at radius 3 is 2.28 bits per heavy atom. The summed E-state index contributed by atoms with van der Waals surface area (Å²) >= 11 is 0. The first-order valence-corrected chi connectivity index (χ1v) is 5.00. The highest BCUT2D eigenvalue weighted by Crippen LogP contribution is 2.26. The number of rotatable bonds is 2. The Bertz CT molecular complexity index is 603. The summed E-state index contributed by atoms with van der Waals surface area (Å²) in [6.07, 6.45) is 0. The van der Waals surface area contributed by atoms with Gasteiger partial charge in [-0.15, -0.1) is 0 Å². The zero-order valence-electron chi connectivity index (χ0n) is 9.02. The maximum Gasteiger partial charge on any atom is 0.338 e. The normalized spacial score (nSPS) is 10.3. The second-order valence-corrected chi connectivity index (χ2v) is 3.70. The third-order valence-corrected chi connectivity index (χ3v) is 2.42. The van der Waals surface area contributed by atoms with Gasteiger partial charge >= 0.3 is 5.97 Å². The van der Waals surface area contributed by atoms with Gasteiger partial charge in [-0.25, -0.2) is 13.6 Å². The predicted octanol–water partition coefficient (Wildman–Crippen LogP) is 3.04. The molecule has 0 heterocycles. The molecule has 3 nitrogen and oxygen atoms in total. The molecule has 2 N–H and O–H groups in total. The van der Waals surface area contributed by atoms with Crippen LogP contribution in [-0.2, 0) is 0 Å². The molecule has 2 aromatic carbocycles. The number of halogens is 2. The number of carboxylic acid groups (broad SMARTS) is 1. The molecule has 0 saturated carbocycles. The standard InChI is InChI=1S/C13H8F2O3/c14-9-3-8(4-10(16)6-9)7-1-2-11(13(17)18)12(15)5-7/h1-6,16H,(H,17,18). The number of hydrogen-bond acceptors (Lipinski definition) is 2. The van der Waals surface area contributed by atoms with Crippen molar-refractivity contribution in [2.75, 3.05) is 0 Å². The molecule has 0 saturated heterocycles. The fraction of sp³-hybridized carbons (Fsp3) is 0. The Morgan fingerprint density at radius 1 is 1.00 bits per heavy atom. The lowest BCUT2D eigenvalue weighted by Crippen LogP contribution is -2.00. The summed E-state index contributed by atoms with van der Waals surface area (Å²) in [4.78, 5) is 10.6. The zero-order chi connectivity index (χ0) is 13.3. The van der Waals surface area contributed by atoms with Crippen LogP contribution in [0.2, 0.25) is 0 Å². The molecule has 0 aliphatic heterocycles. The minimum absolute atomic E-state index is 0.267. The molecule has 0 aliphatic rings. The van der Waals surface area contributed by atoms with Gasteiger partial charge in [0, 0.05) is 6.07 Å². The molecule has 2 aromatic rings. The van der Waals surface area contributed by atoms with Gasteiger partial charge in [0.25, 0.3) is 0 Å². The lowest BCUT2D eigenvalue weighted by molar-refractivity contribution is 0.0692. The molecule has 92 valence electrons. The SMILES string of the molecule is O=C(O)c1ccc(-c2cc(O)cc(F)c2)cc1F. The molecule has 0 fully saturated rings. The van der Waals surface area contributed by atoms with E-state index in [0.717, 1.165) is 24.3 Å². The van der Waals surface area contributed by atoms with Crippen molar-refractivity contribution in [1.29, 1.82) is 0 Å². The minimum atomic E-state index is -1.37. The number of aromatic carboxylic acids is 1. The lowest BCUT2D eigenvalue weighted by Gasteiger charge is -2.05. The molecule has 18 heavy (non-hydrogen) atoms. The molecule has 5 heteroatoms. The summed E-state index contributed by atoms with van der Waals surface area (Å²) in [6.45, 7) is 0. The van der Waals surface area contributed by atoms with Crippen LogP contribution in [0.15, 0.2) is 36.4 Å². The molecule has 0 radical (unpaired) electrons.